The summed E-state index contributed by atoms with van der Waals surface area (Å²) in [6, 6.07) is 7.72. The third-order valence-electron chi connectivity index (χ3n) is 2.36. The van der Waals surface area contributed by atoms with Crippen LogP contribution in [0.15, 0.2) is 36.9 Å². The van der Waals surface area contributed by atoms with E-state index in [4.69, 9.17) is 4.74 Å². The minimum absolute atomic E-state index is 0.0777. The zero-order chi connectivity index (χ0) is 10.7. The molecule has 1 amide bonds. The standard InChI is InChI=1S/C12H13NO2/c1-2-7-13-12(14)11-8-9-5-3-4-6-10(9)15-11/h2-6,11H,1,7-8H2,(H,13,14). The fourth-order valence-corrected chi connectivity index (χ4v) is 1.61. The number of nitrogens with one attached hydrogen (secondary N) is 1. The summed E-state index contributed by atoms with van der Waals surface area (Å²) in [4.78, 5) is 11.6. The predicted molar refractivity (Wildman–Crippen MR) is 57.8 cm³/mol. The summed E-state index contributed by atoms with van der Waals surface area (Å²) in [5.74, 6) is 0.738. The van der Waals surface area contributed by atoms with Crippen molar-refractivity contribution in [2.24, 2.45) is 0 Å². The van der Waals surface area contributed by atoms with Crippen LogP contribution in [-0.2, 0) is 11.2 Å². The molecule has 1 heterocycles. The molecule has 1 aliphatic rings. The highest BCUT2D eigenvalue weighted by atomic mass is 16.5. The lowest BCUT2D eigenvalue weighted by Gasteiger charge is -2.09. The van der Waals surface area contributed by atoms with Crippen LogP contribution in [0.25, 0.3) is 0 Å². The number of amides is 1. The van der Waals surface area contributed by atoms with Gasteiger partial charge in [0.1, 0.15) is 5.75 Å². The molecule has 0 spiro atoms. The van der Waals surface area contributed by atoms with Crippen molar-refractivity contribution in [2.45, 2.75) is 12.5 Å². The van der Waals surface area contributed by atoms with Gasteiger partial charge in [-0.05, 0) is 11.6 Å². The number of para-hydroxylation sites is 1. The van der Waals surface area contributed by atoms with Gasteiger partial charge in [-0.1, -0.05) is 24.3 Å². The Hall–Kier alpha value is -1.77. The number of carbonyl (C=O) groups excluding carboxylic acids is 1. The summed E-state index contributed by atoms with van der Waals surface area (Å²) < 4.78 is 5.52. The Bertz CT molecular complexity index is 362. The van der Waals surface area contributed by atoms with E-state index in [1.807, 2.05) is 24.3 Å². The van der Waals surface area contributed by atoms with Crippen LogP contribution in [0.5, 0.6) is 5.75 Å². The number of ether oxygens (including phenoxy) is 1. The Morgan fingerprint density at radius 1 is 1.60 bits per heavy atom. The van der Waals surface area contributed by atoms with Crippen molar-refractivity contribution in [1.82, 2.24) is 5.32 Å². The van der Waals surface area contributed by atoms with Gasteiger partial charge in [0.05, 0.1) is 0 Å². The zero-order valence-electron chi connectivity index (χ0n) is 8.40. The number of hydrogen-bond acceptors (Lipinski definition) is 2. The lowest BCUT2D eigenvalue weighted by atomic mass is 10.1. The van der Waals surface area contributed by atoms with Crippen molar-refractivity contribution < 1.29 is 9.53 Å². The molecule has 78 valence electrons. The second-order valence-electron chi connectivity index (χ2n) is 3.45. The van der Waals surface area contributed by atoms with Gasteiger partial charge in [0.2, 0.25) is 0 Å². The van der Waals surface area contributed by atoms with E-state index < -0.39 is 0 Å². The molecule has 0 radical (unpaired) electrons. The summed E-state index contributed by atoms with van der Waals surface area (Å²) in [7, 11) is 0. The molecule has 0 fully saturated rings. The Morgan fingerprint density at radius 2 is 2.40 bits per heavy atom. The topological polar surface area (TPSA) is 38.3 Å². The minimum Gasteiger partial charge on any atom is -0.480 e. The molecule has 1 aromatic rings. The molecule has 0 saturated heterocycles. The van der Waals surface area contributed by atoms with E-state index in [1.54, 1.807) is 6.08 Å². The molecule has 0 aromatic heterocycles. The highest BCUT2D eigenvalue weighted by Gasteiger charge is 2.27. The SMILES string of the molecule is C=CCNC(=O)C1Cc2ccccc2O1. The van der Waals surface area contributed by atoms with Crippen LogP contribution in [-0.4, -0.2) is 18.6 Å². The van der Waals surface area contributed by atoms with Gasteiger partial charge in [-0.15, -0.1) is 6.58 Å². The third-order valence-corrected chi connectivity index (χ3v) is 2.36. The first-order valence-electron chi connectivity index (χ1n) is 4.94. The van der Waals surface area contributed by atoms with Gasteiger partial charge in [0.25, 0.3) is 5.91 Å². The molecule has 2 rings (SSSR count). The highest BCUT2D eigenvalue weighted by molar-refractivity contribution is 5.82. The van der Waals surface area contributed by atoms with Gasteiger partial charge in [0, 0.05) is 13.0 Å². The largest absolute Gasteiger partial charge is 0.480 e. The number of fused-ring (bicyclic) bond motifs is 1. The van der Waals surface area contributed by atoms with Crippen molar-refractivity contribution in [3.63, 3.8) is 0 Å². The minimum atomic E-state index is -0.387. The van der Waals surface area contributed by atoms with Crippen molar-refractivity contribution in [3.8, 4) is 5.75 Å². The van der Waals surface area contributed by atoms with E-state index in [-0.39, 0.29) is 12.0 Å². The molecule has 3 heteroatoms. The Balaban J connectivity index is 2.00. The van der Waals surface area contributed by atoms with E-state index in [9.17, 15) is 4.79 Å². The number of rotatable bonds is 3. The molecule has 1 unspecified atom stereocenters. The van der Waals surface area contributed by atoms with Crippen LogP contribution < -0.4 is 10.1 Å². The molecule has 1 atom stereocenters. The van der Waals surface area contributed by atoms with Gasteiger partial charge in [-0.2, -0.15) is 0 Å². The number of carbonyl (C=O) groups is 1. The maximum absolute atomic E-state index is 11.6. The van der Waals surface area contributed by atoms with Gasteiger partial charge in [0.15, 0.2) is 6.10 Å². The highest BCUT2D eigenvalue weighted by Crippen LogP contribution is 2.27. The smallest absolute Gasteiger partial charge is 0.261 e. The Labute approximate surface area is 88.8 Å². The summed E-state index contributed by atoms with van der Waals surface area (Å²) >= 11 is 0. The molecule has 15 heavy (non-hydrogen) atoms. The quantitative estimate of drug-likeness (QED) is 0.752. The van der Waals surface area contributed by atoms with Gasteiger partial charge < -0.3 is 10.1 Å². The lowest BCUT2D eigenvalue weighted by Crippen LogP contribution is -2.37. The predicted octanol–water partition coefficient (Wildman–Crippen LogP) is 1.29. The second kappa shape index (κ2) is 4.17. The van der Waals surface area contributed by atoms with Crippen molar-refractivity contribution in [3.05, 3.63) is 42.5 Å². The van der Waals surface area contributed by atoms with Crippen LogP contribution in [0.1, 0.15) is 5.56 Å². The van der Waals surface area contributed by atoms with Gasteiger partial charge >= 0.3 is 0 Å². The summed E-state index contributed by atoms with van der Waals surface area (Å²) in [6.07, 6.45) is 1.92. The first kappa shape index (κ1) is 9.77. The fraction of sp³-hybridized carbons (Fsp3) is 0.250. The molecule has 1 aromatic carbocycles. The van der Waals surface area contributed by atoms with Crippen molar-refractivity contribution >= 4 is 5.91 Å². The molecule has 1 aliphatic heterocycles. The number of hydrogen-bond donors (Lipinski definition) is 1. The zero-order valence-corrected chi connectivity index (χ0v) is 8.40. The average molecular weight is 203 g/mol. The van der Waals surface area contributed by atoms with Crippen LogP contribution in [0.2, 0.25) is 0 Å². The molecule has 0 saturated carbocycles. The van der Waals surface area contributed by atoms with Crippen molar-refractivity contribution in [2.75, 3.05) is 6.54 Å². The molecule has 1 N–H and O–H groups in total. The second-order valence-corrected chi connectivity index (χ2v) is 3.45. The third kappa shape index (κ3) is 2.01. The molecule has 3 nitrogen and oxygen atoms in total. The summed E-state index contributed by atoms with van der Waals surface area (Å²) in [6.45, 7) is 4.02. The molecular formula is C12H13NO2. The summed E-state index contributed by atoms with van der Waals surface area (Å²) in [5, 5.41) is 2.73. The Kier molecular flexibility index (Phi) is 2.72. The molecule has 0 aliphatic carbocycles. The maximum atomic E-state index is 11.6. The fourth-order valence-electron chi connectivity index (χ4n) is 1.61. The summed E-state index contributed by atoms with van der Waals surface area (Å²) in [5.41, 5.74) is 1.09. The van der Waals surface area contributed by atoms with Gasteiger partial charge in [-0.3, -0.25) is 4.79 Å². The van der Waals surface area contributed by atoms with E-state index >= 15 is 0 Å². The van der Waals surface area contributed by atoms with Gasteiger partial charge in [-0.25, -0.2) is 0 Å². The van der Waals surface area contributed by atoms with Crippen LogP contribution in [0, 0.1) is 0 Å². The first-order chi connectivity index (χ1) is 7.31. The average Bonchev–Trinajstić information content (AvgIpc) is 2.69. The van der Waals surface area contributed by atoms with Crippen molar-refractivity contribution in [1.29, 1.82) is 0 Å². The van der Waals surface area contributed by atoms with E-state index in [1.165, 1.54) is 0 Å². The lowest BCUT2D eigenvalue weighted by molar-refractivity contribution is -0.127. The monoisotopic (exact) mass is 203 g/mol. The van der Waals surface area contributed by atoms with E-state index in [2.05, 4.69) is 11.9 Å². The normalized spacial score (nSPS) is 17.7. The van der Waals surface area contributed by atoms with Crippen LogP contribution >= 0.6 is 0 Å². The van der Waals surface area contributed by atoms with Crippen LogP contribution in [0.3, 0.4) is 0 Å². The van der Waals surface area contributed by atoms with E-state index in [0.29, 0.717) is 13.0 Å². The van der Waals surface area contributed by atoms with Crippen LogP contribution in [0.4, 0.5) is 0 Å². The first-order valence-corrected chi connectivity index (χ1v) is 4.94. The molecule has 0 bridgehead atoms. The maximum Gasteiger partial charge on any atom is 0.261 e. The Morgan fingerprint density at radius 3 is 3.13 bits per heavy atom. The number of benzene rings is 1. The van der Waals surface area contributed by atoms with E-state index in [0.717, 1.165) is 11.3 Å². The molecular weight excluding hydrogens is 190 g/mol.